The van der Waals surface area contributed by atoms with Gasteiger partial charge in [0.1, 0.15) is 5.60 Å². The van der Waals surface area contributed by atoms with Gasteiger partial charge in [0.2, 0.25) is 0 Å². The molecule has 0 fully saturated rings. The first-order valence-electron chi connectivity index (χ1n) is 21.0. The van der Waals surface area contributed by atoms with Gasteiger partial charge >= 0.3 is 0 Å². The van der Waals surface area contributed by atoms with Crippen LogP contribution in [0.4, 0.5) is 0 Å². The van der Waals surface area contributed by atoms with Crippen LogP contribution in [0.1, 0.15) is 140 Å². The Kier molecular flexibility index (Phi) is 18.0. The fraction of sp³-hybridized carbons (Fsp3) is 0.462. The molecule has 0 aliphatic heterocycles. The molecule has 3 rings (SSSR count). The molecule has 0 saturated heterocycles. The number of aryl methyl sites for hydroxylation is 2. The first-order chi connectivity index (χ1) is 26.4. The lowest BCUT2D eigenvalue weighted by molar-refractivity contribution is 0.0752. The van der Waals surface area contributed by atoms with Crippen molar-refractivity contribution in [2.24, 2.45) is 11.1 Å². The van der Waals surface area contributed by atoms with E-state index in [9.17, 15) is 0 Å². The van der Waals surface area contributed by atoms with Crippen molar-refractivity contribution in [3.63, 3.8) is 0 Å². The predicted molar refractivity (Wildman–Crippen MR) is 246 cm³/mol. The summed E-state index contributed by atoms with van der Waals surface area (Å²) < 4.78 is 6.29. The fourth-order valence-corrected chi connectivity index (χ4v) is 7.24. The number of allylic oxidation sites excluding steroid dienone is 3. The quantitative estimate of drug-likeness (QED) is 0.0535. The van der Waals surface area contributed by atoms with Crippen molar-refractivity contribution in [2.45, 2.75) is 130 Å². The second kappa shape index (κ2) is 21.9. The zero-order valence-electron chi connectivity index (χ0n) is 36.3. The van der Waals surface area contributed by atoms with Gasteiger partial charge in [0.05, 0.1) is 0 Å². The zero-order valence-corrected chi connectivity index (χ0v) is 36.3. The topological polar surface area (TPSA) is 59.3 Å². The van der Waals surface area contributed by atoms with E-state index in [2.05, 4.69) is 165 Å². The highest BCUT2D eigenvalue weighted by Gasteiger charge is 2.26. The third-order valence-electron chi connectivity index (χ3n) is 11.3. The van der Waals surface area contributed by atoms with Crippen molar-refractivity contribution in [3.05, 3.63) is 151 Å². The summed E-state index contributed by atoms with van der Waals surface area (Å²) in [5.74, 6) is 0.590. The van der Waals surface area contributed by atoms with Crippen LogP contribution in [0, 0.1) is 5.41 Å². The van der Waals surface area contributed by atoms with E-state index in [0.717, 1.165) is 105 Å². The first kappa shape index (κ1) is 46.1. The van der Waals surface area contributed by atoms with Crippen LogP contribution in [0.25, 0.3) is 16.7 Å². The molecule has 4 N–H and O–H groups in total. The summed E-state index contributed by atoms with van der Waals surface area (Å²) in [5, 5.41) is 6.93. The predicted octanol–water partition coefficient (Wildman–Crippen LogP) is 13.0. The van der Waals surface area contributed by atoms with Gasteiger partial charge in [-0.25, -0.2) is 0 Å². The fourth-order valence-electron chi connectivity index (χ4n) is 7.24. The summed E-state index contributed by atoms with van der Waals surface area (Å²) in [4.78, 5) is 0. The first-order valence-corrected chi connectivity index (χ1v) is 21.0. The van der Waals surface area contributed by atoms with E-state index in [4.69, 9.17) is 10.5 Å². The molecule has 4 nitrogen and oxygen atoms in total. The Bertz CT molecular complexity index is 1740. The van der Waals surface area contributed by atoms with Gasteiger partial charge in [-0.3, -0.25) is 0 Å². The summed E-state index contributed by atoms with van der Waals surface area (Å²) in [5.41, 5.74) is 17.0. The Labute approximate surface area is 342 Å². The molecule has 0 radical (unpaired) electrons. The van der Waals surface area contributed by atoms with E-state index in [1.165, 1.54) is 40.7 Å². The molecule has 0 aliphatic rings. The lowest BCUT2D eigenvalue weighted by Gasteiger charge is -2.30. The molecule has 0 amide bonds. The van der Waals surface area contributed by atoms with Crippen LogP contribution in [0.15, 0.2) is 117 Å². The number of rotatable bonds is 27. The van der Waals surface area contributed by atoms with Gasteiger partial charge in [-0.1, -0.05) is 152 Å². The molecule has 0 aliphatic carbocycles. The van der Waals surface area contributed by atoms with Crippen LogP contribution in [0.2, 0.25) is 0 Å². The maximum atomic E-state index is 6.29. The lowest BCUT2D eigenvalue weighted by Crippen LogP contribution is -2.30. The molecule has 56 heavy (non-hydrogen) atoms. The van der Waals surface area contributed by atoms with Gasteiger partial charge in [-0.05, 0) is 141 Å². The summed E-state index contributed by atoms with van der Waals surface area (Å²) in [7, 11) is 0. The van der Waals surface area contributed by atoms with Crippen LogP contribution in [-0.4, -0.2) is 25.2 Å². The number of nitrogens with two attached hydrogens (primary N) is 1. The third kappa shape index (κ3) is 15.0. The van der Waals surface area contributed by atoms with Crippen LogP contribution in [-0.2, 0) is 23.0 Å². The van der Waals surface area contributed by atoms with Crippen molar-refractivity contribution in [2.75, 3.05) is 19.6 Å². The molecule has 0 bridgehead atoms. The number of unbranched alkanes of at least 4 members (excludes halogenated alkanes) is 4. The maximum Gasteiger partial charge on any atom is 0.180 e. The Morgan fingerprint density at radius 3 is 1.75 bits per heavy atom. The van der Waals surface area contributed by atoms with Crippen LogP contribution in [0.5, 0.6) is 0 Å². The smallest absolute Gasteiger partial charge is 0.180 e. The van der Waals surface area contributed by atoms with Crippen molar-refractivity contribution < 1.29 is 4.74 Å². The Morgan fingerprint density at radius 1 is 0.625 bits per heavy atom. The van der Waals surface area contributed by atoms with E-state index in [-0.39, 0.29) is 10.8 Å². The number of benzene rings is 3. The normalized spacial score (nSPS) is 11.9. The Hall–Kier alpha value is -4.28. The molecule has 0 saturated carbocycles. The number of hydrogen-bond donors (Lipinski definition) is 3. The Morgan fingerprint density at radius 2 is 1.18 bits per heavy atom. The minimum Gasteiger partial charge on any atom is -0.469 e. The highest BCUT2D eigenvalue weighted by atomic mass is 16.5. The zero-order chi connectivity index (χ0) is 41.4. The van der Waals surface area contributed by atoms with Crippen LogP contribution < -0.4 is 16.4 Å². The lowest BCUT2D eigenvalue weighted by atomic mass is 9.77. The monoisotopic (exact) mass is 758 g/mol. The van der Waals surface area contributed by atoms with Crippen molar-refractivity contribution >= 4 is 16.7 Å². The molecule has 304 valence electrons. The van der Waals surface area contributed by atoms with Crippen LogP contribution in [0.3, 0.4) is 0 Å². The highest BCUT2D eigenvalue weighted by Crippen LogP contribution is 2.38. The van der Waals surface area contributed by atoms with E-state index in [0.29, 0.717) is 5.88 Å². The second-order valence-electron chi connectivity index (χ2n) is 17.7. The minimum atomic E-state index is -0.581. The average Bonchev–Trinajstić information content (AvgIpc) is 3.16. The van der Waals surface area contributed by atoms with Gasteiger partial charge in [0, 0.05) is 18.8 Å². The van der Waals surface area contributed by atoms with Crippen LogP contribution >= 0.6 is 0 Å². The number of ether oxygens (including phenoxy) is 1. The molecule has 0 heterocycles. The summed E-state index contributed by atoms with van der Waals surface area (Å²) in [6.07, 6.45) is 11.9. The standard InChI is InChI=1S/C52H75N3O/c1-39(2)48-23-19-24-49(37-48)50(7,8)33-16-15-21-44-27-31-47(32-28-44)42(5)52(11,12)56-43(6)55-36-18-14-13-17-35-54-40(3)38-51(9,10)41(4)46-29-25-45(26-30-46)22-20-34-53/h19,23-32,37,54-55H,1,3-6,13-18,20-22,33-36,38,53H2,2,7-12H3. The Balaban J connectivity index is 1.29. The van der Waals surface area contributed by atoms with Crippen molar-refractivity contribution in [1.29, 1.82) is 0 Å². The van der Waals surface area contributed by atoms with E-state index in [1.807, 2.05) is 0 Å². The maximum absolute atomic E-state index is 6.29. The second-order valence-corrected chi connectivity index (χ2v) is 17.7. The molecule has 0 unspecified atom stereocenters. The number of hydrogen-bond acceptors (Lipinski definition) is 4. The molecule has 0 spiro atoms. The molecule has 0 atom stereocenters. The van der Waals surface area contributed by atoms with Gasteiger partial charge in [-0.2, -0.15) is 0 Å². The largest absolute Gasteiger partial charge is 0.469 e. The highest BCUT2D eigenvalue weighted by molar-refractivity contribution is 5.70. The minimum absolute atomic E-state index is 0.0810. The summed E-state index contributed by atoms with van der Waals surface area (Å²) >= 11 is 0. The van der Waals surface area contributed by atoms with Crippen molar-refractivity contribution in [1.82, 2.24) is 10.6 Å². The van der Waals surface area contributed by atoms with Gasteiger partial charge in [0.15, 0.2) is 5.88 Å². The molecular formula is C52H75N3O. The number of nitrogens with one attached hydrogen (secondary N) is 2. The van der Waals surface area contributed by atoms with Gasteiger partial charge in [0.25, 0.3) is 0 Å². The van der Waals surface area contributed by atoms with Crippen molar-refractivity contribution in [3.8, 4) is 0 Å². The summed E-state index contributed by atoms with van der Waals surface area (Å²) in [6, 6.07) is 26.5. The molecule has 4 heteroatoms. The molecule has 3 aromatic rings. The summed E-state index contributed by atoms with van der Waals surface area (Å²) in [6.45, 7) is 39.3. The van der Waals surface area contributed by atoms with E-state index < -0.39 is 5.60 Å². The van der Waals surface area contributed by atoms with E-state index in [1.54, 1.807) is 0 Å². The SMILES string of the molecule is C=C(CC(C)(C)C(=C)c1ccc(CCCN)cc1)NCCCCCCNC(=C)OC(C)(C)C(=C)c1ccc(CCCCC(C)(C)c2cccc(C(=C)C)c2)cc1. The van der Waals surface area contributed by atoms with Gasteiger partial charge < -0.3 is 21.1 Å². The molecule has 0 aromatic heterocycles. The molecule has 3 aromatic carbocycles. The van der Waals surface area contributed by atoms with Gasteiger partial charge in [-0.15, -0.1) is 0 Å². The molecular weight excluding hydrogens is 683 g/mol. The average molecular weight is 758 g/mol. The third-order valence-corrected chi connectivity index (χ3v) is 11.3. The van der Waals surface area contributed by atoms with E-state index >= 15 is 0 Å².